The van der Waals surface area contributed by atoms with Gasteiger partial charge in [-0.05, 0) is 36.6 Å². The van der Waals surface area contributed by atoms with Gasteiger partial charge in [0.05, 0.1) is 9.82 Å². The summed E-state index contributed by atoms with van der Waals surface area (Å²) < 4.78 is 26.5. The highest BCUT2D eigenvalue weighted by Crippen LogP contribution is 2.17. The number of rotatable bonds is 9. The molecule has 0 spiro atoms. The molecule has 0 atom stereocenters. The molecule has 9 heteroatoms. The Bertz CT molecular complexity index is 911. The predicted octanol–water partition coefficient (Wildman–Crippen LogP) is 2.85. The second-order valence-electron chi connectivity index (χ2n) is 5.90. The highest BCUT2D eigenvalue weighted by Gasteiger charge is 2.13. The first-order valence-corrected chi connectivity index (χ1v) is 9.93. The number of hydrogen-bond acceptors (Lipinski definition) is 5. The van der Waals surface area contributed by atoms with Gasteiger partial charge in [-0.25, -0.2) is 13.1 Å². The van der Waals surface area contributed by atoms with Crippen molar-refractivity contribution >= 4 is 27.3 Å². The van der Waals surface area contributed by atoms with E-state index in [9.17, 15) is 23.3 Å². The highest BCUT2D eigenvalue weighted by molar-refractivity contribution is 7.89. The summed E-state index contributed by atoms with van der Waals surface area (Å²) in [5, 5.41) is 13.4. The monoisotopic (exact) mass is 391 g/mol. The Morgan fingerprint density at radius 3 is 2.48 bits per heavy atom. The van der Waals surface area contributed by atoms with Crippen LogP contribution in [0.4, 0.5) is 11.4 Å². The van der Waals surface area contributed by atoms with Crippen LogP contribution in [-0.2, 0) is 21.2 Å². The molecule has 144 valence electrons. The Hall–Kier alpha value is -2.78. The molecule has 2 rings (SSSR count). The molecule has 27 heavy (non-hydrogen) atoms. The molecule has 1 amide bonds. The third-order valence-corrected chi connectivity index (χ3v) is 5.23. The van der Waals surface area contributed by atoms with E-state index in [0.29, 0.717) is 25.1 Å². The molecular weight excluding hydrogens is 370 g/mol. The molecule has 2 aromatic carbocycles. The maximum absolute atomic E-state index is 12.0. The van der Waals surface area contributed by atoms with Crippen molar-refractivity contribution in [2.24, 2.45) is 0 Å². The molecule has 0 aliphatic carbocycles. The van der Waals surface area contributed by atoms with Gasteiger partial charge in [0.2, 0.25) is 15.9 Å². The van der Waals surface area contributed by atoms with Crippen LogP contribution in [0.25, 0.3) is 0 Å². The summed E-state index contributed by atoms with van der Waals surface area (Å²) in [5.41, 5.74) is 1.08. The molecule has 8 nitrogen and oxygen atoms in total. The lowest BCUT2D eigenvalue weighted by atomic mass is 10.1. The highest BCUT2D eigenvalue weighted by atomic mass is 32.2. The van der Waals surface area contributed by atoms with Gasteiger partial charge in [0.15, 0.2) is 0 Å². The molecule has 0 heterocycles. The normalized spacial score (nSPS) is 11.1. The van der Waals surface area contributed by atoms with Gasteiger partial charge >= 0.3 is 0 Å². The van der Waals surface area contributed by atoms with E-state index in [-0.39, 0.29) is 22.9 Å². The van der Waals surface area contributed by atoms with Gasteiger partial charge in [0, 0.05) is 30.8 Å². The van der Waals surface area contributed by atoms with Gasteiger partial charge < -0.3 is 5.32 Å². The van der Waals surface area contributed by atoms with E-state index in [0.717, 1.165) is 5.56 Å². The number of non-ortho nitro benzene ring substituents is 1. The molecule has 0 unspecified atom stereocenters. The lowest BCUT2D eigenvalue weighted by molar-refractivity contribution is -0.384. The number of anilines is 1. The van der Waals surface area contributed by atoms with Crippen LogP contribution in [0.5, 0.6) is 0 Å². The van der Waals surface area contributed by atoms with Crippen LogP contribution in [-0.4, -0.2) is 25.8 Å². The van der Waals surface area contributed by atoms with Crippen molar-refractivity contribution in [3.8, 4) is 0 Å². The number of aryl methyl sites for hydroxylation is 1. The topological polar surface area (TPSA) is 118 Å². The fourth-order valence-electron chi connectivity index (χ4n) is 2.33. The lowest BCUT2D eigenvalue weighted by Gasteiger charge is -2.07. The van der Waals surface area contributed by atoms with Crippen LogP contribution in [0.1, 0.15) is 25.3 Å². The zero-order chi connectivity index (χ0) is 19.9. The summed E-state index contributed by atoms with van der Waals surface area (Å²) in [6, 6.07) is 12.1. The smallest absolute Gasteiger partial charge is 0.271 e. The van der Waals surface area contributed by atoms with Crippen LogP contribution in [0.2, 0.25) is 0 Å². The molecule has 2 aromatic rings. The first kappa shape index (κ1) is 20.5. The number of carbonyl (C=O) groups is 1. The molecule has 0 fully saturated rings. The van der Waals surface area contributed by atoms with Crippen LogP contribution >= 0.6 is 0 Å². The number of nitrogens with one attached hydrogen (secondary N) is 2. The minimum atomic E-state index is -3.51. The number of nitro benzene ring substituents is 1. The van der Waals surface area contributed by atoms with Crippen molar-refractivity contribution in [3.05, 3.63) is 64.2 Å². The maximum Gasteiger partial charge on any atom is 0.271 e. The van der Waals surface area contributed by atoms with Crippen molar-refractivity contribution in [2.45, 2.75) is 31.1 Å². The lowest BCUT2D eigenvalue weighted by Crippen LogP contribution is -2.24. The van der Waals surface area contributed by atoms with E-state index < -0.39 is 14.9 Å². The van der Waals surface area contributed by atoms with Crippen LogP contribution in [0, 0.1) is 10.1 Å². The summed E-state index contributed by atoms with van der Waals surface area (Å²) >= 11 is 0. The second-order valence-corrected chi connectivity index (χ2v) is 7.66. The Labute approximate surface area is 157 Å². The Balaban J connectivity index is 1.92. The standard InChI is InChI=1S/C18H21N3O5S/c1-2-12-19-27(25,26)17-9-6-14(7-10-17)8-11-18(22)20-15-4-3-5-16(13-15)21(23)24/h3-7,9-10,13,19H,2,8,11-12H2,1H3,(H,20,22). The number of sulfonamides is 1. The SMILES string of the molecule is CCCNS(=O)(=O)c1ccc(CCC(=O)Nc2cccc([N+](=O)[O-])c2)cc1. The summed E-state index contributed by atoms with van der Waals surface area (Å²) in [7, 11) is -3.51. The number of hydrogen-bond donors (Lipinski definition) is 2. The molecule has 0 radical (unpaired) electrons. The van der Waals surface area contributed by atoms with Gasteiger partial charge in [-0.1, -0.05) is 25.1 Å². The molecule has 0 saturated heterocycles. The fraction of sp³-hybridized carbons (Fsp3) is 0.278. The Kier molecular flexibility index (Phi) is 7.03. The second kappa shape index (κ2) is 9.24. The van der Waals surface area contributed by atoms with Crippen molar-refractivity contribution in [1.29, 1.82) is 0 Å². The first-order valence-electron chi connectivity index (χ1n) is 8.44. The zero-order valence-electron chi connectivity index (χ0n) is 14.8. The van der Waals surface area contributed by atoms with E-state index in [2.05, 4.69) is 10.0 Å². The third kappa shape index (κ3) is 6.15. The van der Waals surface area contributed by atoms with Gasteiger partial charge in [0.1, 0.15) is 0 Å². The first-order chi connectivity index (χ1) is 12.8. The summed E-state index contributed by atoms with van der Waals surface area (Å²) in [5.74, 6) is -0.281. The maximum atomic E-state index is 12.0. The minimum Gasteiger partial charge on any atom is -0.326 e. The van der Waals surface area contributed by atoms with Gasteiger partial charge in [-0.2, -0.15) is 0 Å². The van der Waals surface area contributed by atoms with Crippen LogP contribution < -0.4 is 10.0 Å². The van der Waals surface area contributed by atoms with Crippen molar-refractivity contribution in [2.75, 3.05) is 11.9 Å². The Morgan fingerprint density at radius 1 is 1.15 bits per heavy atom. The van der Waals surface area contributed by atoms with Crippen molar-refractivity contribution in [1.82, 2.24) is 4.72 Å². The molecule has 0 aliphatic rings. The predicted molar refractivity (Wildman–Crippen MR) is 102 cm³/mol. The van der Waals surface area contributed by atoms with E-state index in [1.165, 1.54) is 30.3 Å². The number of carbonyl (C=O) groups excluding carboxylic acids is 1. The largest absolute Gasteiger partial charge is 0.326 e. The number of nitro groups is 1. The quantitative estimate of drug-likeness (QED) is 0.503. The molecule has 0 bridgehead atoms. The van der Waals surface area contributed by atoms with Gasteiger partial charge in [0.25, 0.3) is 5.69 Å². The molecule has 2 N–H and O–H groups in total. The van der Waals surface area contributed by atoms with Crippen LogP contribution in [0.3, 0.4) is 0 Å². The average Bonchev–Trinajstić information content (AvgIpc) is 2.65. The minimum absolute atomic E-state index is 0.0960. The van der Waals surface area contributed by atoms with Crippen molar-refractivity contribution < 1.29 is 18.1 Å². The van der Waals surface area contributed by atoms with Crippen molar-refractivity contribution in [3.63, 3.8) is 0 Å². The number of benzene rings is 2. The summed E-state index contributed by atoms with van der Waals surface area (Å²) in [6.45, 7) is 2.26. The molecular formula is C18H21N3O5S. The molecule has 0 aromatic heterocycles. The molecule has 0 aliphatic heterocycles. The fourth-order valence-corrected chi connectivity index (χ4v) is 3.47. The summed E-state index contributed by atoms with van der Waals surface area (Å²) in [4.78, 5) is 22.4. The van der Waals surface area contributed by atoms with E-state index >= 15 is 0 Å². The molecule has 0 saturated carbocycles. The third-order valence-electron chi connectivity index (χ3n) is 3.76. The van der Waals surface area contributed by atoms with E-state index in [1.54, 1.807) is 18.2 Å². The Morgan fingerprint density at radius 2 is 1.85 bits per heavy atom. The van der Waals surface area contributed by atoms with E-state index in [1.807, 2.05) is 6.92 Å². The number of nitrogens with zero attached hydrogens (tertiary/aromatic N) is 1. The van der Waals surface area contributed by atoms with E-state index in [4.69, 9.17) is 0 Å². The summed E-state index contributed by atoms with van der Waals surface area (Å²) in [6.07, 6.45) is 1.29. The van der Waals surface area contributed by atoms with Gasteiger partial charge in [-0.15, -0.1) is 0 Å². The zero-order valence-corrected chi connectivity index (χ0v) is 15.7. The average molecular weight is 391 g/mol. The van der Waals surface area contributed by atoms with Gasteiger partial charge in [-0.3, -0.25) is 14.9 Å². The van der Waals surface area contributed by atoms with Crippen LogP contribution in [0.15, 0.2) is 53.4 Å². The number of amides is 1.